The number of amides is 1. The number of hydrogen-bond acceptors (Lipinski definition) is 3. The number of benzene rings is 1. The van der Waals surface area contributed by atoms with Crippen LogP contribution in [0, 0.1) is 0 Å². The molecule has 2 aliphatic rings. The Bertz CT molecular complexity index is 540. The van der Waals surface area contributed by atoms with Crippen molar-refractivity contribution in [3.8, 4) is 0 Å². The molecule has 0 saturated carbocycles. The lowest BCUT2D eigenvalue weighted by molar-refractivity contribution is -0.117. The highest BCUT2D eigenvalue weighted by molar-refractivity contribution is 9.10. The number of halogens is 2. The first-order valence-electron chi connectivity index (χ1n) is 7.33. The molecule has 2 fully saturated rings. The summed E-state index contributed by atoms with van der Waals surface area (Å²) in [6.45, 7) is 2.37. The van der Waals surface area contributed by atoms with Crippen molar-refractivity contribution in [1.29, 1.82) is 0 Å². The van der Waals surface area contributed by atoms with Gasteiger partial charge in [0.1, 0.15) is 0 Å². The summed E-state index contributed by atoms with van der Waals surface area (Å²) < 4.78 is 0.903. The number of carbonyl (C=O) groups excluding carboxylic acids is 1. The van der Waals surface area contributed by atoms with E-state index in [0.29, 0.717) is 29.3 Å². The lowest BCUT2D eigenvalue weighted by Crippen LogP contribution is -2.39. The smallest absolute Gasteiger partial charge is 0.238 e. The Balaban J connectivity index is 1.56. The van der Waals surface area contributed by atoms with Gasteiger partial charge in [0.2, 0.25) is 5.91 Å². The molecule has 2 N–H and O–H groups in total. The molecule has 3 rings (SSSR count). The highest BCUT2D eigenvalue weighted by Crippen LogP contribution is 2.26. The summed E-state index contributed by atoms with van der Waals surface area (Å²) in [5, 5.41) is 7.07. The van der Waals surface area contributed by atoms with E-state index in [1.165, 1.54) is 12.8 Å². The van der Waals surface area contributed by atoms with Gasteiger partial charge in [0.15, 0.2) is 0 Å². The first-order valence-corrected chi connectivity index (χ1v) is 8.50. The molecule has 2 bridgehead atoms. The minimum Gasteiger partial charge on any atom is -0.324 e. The molecule has 1 aromatic rings. The number of carbonyl (C=O) groups is 1. The topological polar surface area (TPSA) is 44.4 Å². The van der Waals surface area contributed by atoms with Crippen LogP contribution in [0.1, 0.15) is 19.3 Å². The molecule has 21 heavy (non-hydrogen) atoms. The molecule has 1 aromatic carbocycles. The Hall–Kier alpha value is -0.620. The lowest BCUT2D eigenvalue weighted by Gasteiger charge is -2.23. The molecule has 6 heteroatoms. The fraction of sp³-hybridized carbons (Fsp3) is 0.533. The number of nitrogens with zero attached hydrogens (tertiary/aromatic N) is 1. The van der Waals surface area contributed by atoms with Crippen LogP contribution in [0.5, 0.6) is 0 Å². The van der Waals surface area contributed by atoms with Gasteiger partial charge in [-0.15, -0.1) is 0 Å². The third-order valence-corrected chi connectivity index (χ3v) is 4.99. The first-order chi connectivity index (χ1) is 10.1. The summed E-state index contributed by atoms with van der Waals surface area (Å²) in [6.07, 6.45) is 3.63. The number of anilines is 1. The quantitative estimate of drug-likeness (QED) is 0.857. The van der Waals surface area contributed by atoms with E-state index in [1.54, 1.807) is 6.07 Å². The Kier molecular flexibility index (Phi) is 4.84. The summed E-state index contributed by atoms with van der Waals surface area (Å²) >= 11 is 9.48. The fourth-order valence-corrected chi connectivity index (χ4v) is 3.86. The van der Waals surface area contributed by atoms with Crippen molar-refractivity contribution in [2.75, 3.05) is 25.0 Å². The maximum absolute atomic E-state index is 12.2. The Morgan fingerprint density at radius 3 is 3.00 bits per heavy atom. The maximum atomic E-state index is 12.2. The summed E-state index contributed by atoms with van der Waals surface area (Å²) in [4.78, 5) is 14.4. The third kappa shape index (κ3) is 3.97. The molecule has 1 amide bonds. The van der Waals surface area contributed by atoms with E-state index in [9.17, 15) is 4.79 Å². The molecule has 2 atom stereocenters. The Morgan fingerprint density at radius 1 is 1.38 bits per heavy atom. The largest absolute Gasteiger partial charge is 0.324 e. The predicted molar refractivity (Wildman–Crippen MR) is 88.8 cm³/mol. The molecular formula is C15H19BrClN3O. The Labute approximate surface area is 138 Å². The average Bonchev–Trinajstić information content (AvgIpc) is 2.76. The molecule has 114 valence electrons. The van der Waals surface area contributed by atoms with Crippen molar-refractivity contribution < 1.29 is 4.79 Å². The molecule has 4 nitrogen and oxygen atoms in total. The number of nitrogens with one attached hydrogen (secondary N) is 2. The summed E-state index contributed by atoms with van der Waals surface area (Å²) in [5.74, 6) is -0.00278. The average molecular weight is 373 g/mol. The van der Waals surface area contributed by atoms with Gasteiger partial charge in [-0.3, -0.25) is 9.69 Å². The third-order valence-electron chi connectivity index (χ3n) is 4.18. The van der Waals surface area contributed by atoms with E-state index in [4.69, 9.17) is 11.6 Å². The summed E-state index contributed by atoms with van der Waals surface area (Å²) in [6, 6.07) is 6.66. The second-order valence-electron chi connectivity index (χ2n) is 5.83. The zero-order valence-electron chi connectivity index (χ0n) is 11.7. The summed E-state index contributed by atoms with van der Waals surface area (Å²) in [7, 11) is 0. The van der Waals surface area contributed by atoms with Gasteiger partial charge in [-0.05, 0) is 37.5 Å². The standard InChI is InChI=1S/C15H19BrClN3O/c16-10-1-4-14(13(17)7-10)19-15(21)9-20-6-5-11-2-3-12(8-20)18-11/h1,4,7,11-12,18H,2-3,5-6,8-9H2,(H,19,21). The highest BCUT2D eigenvalue weighted by Gasteiger charge is 2.29. The second-order valence-corrected chi connectivity index (χ2v) is 7.16. The molecule has 2 saturated heterocycles. The molecule has 2 aliphatic heterocycles. The second kappa shape index (κ2) is 6.65. The van der Waals surface area contributed by atoms with Crippen molar-refractivity contribution in [1.82, 2.24) is 10.2 Å². The van der Waals surface area contributed by atoms with E-state index in [-0.39, 0.29) is 5.91 Å². The van der Waals surface area contributed by atoms with Crippen LogP contribution < -0.4 is 10.6 Å². The molecule has 0 aromatic heterocycles. The number of fused-ring (bicyclic) bond motifs is 2. The SMILES string of the molecule is O=C(CN1CCC2CCC(C1)N2)Nc1ccc(Br)cc1Cl. The van der Waals surface area contributed by atoms with Crippen molar-refractivity contribution in [2.45, 2.75) is 31.3 Å². The van der Waals surface area contributed by atoms with Crippen molar-refractivity contribution in [2.24, 2.45) is 0 Å². The molecular weight excluding hydrogens is 354 g/mol. The van der Waals surface area contributed by atoms with Crippen molar-refractivity contribution >= 4 is 39.1 Å². The number of hydrogen-bond donors (Lipinski definition) is 2. The summed E-state index contributed by atoms with van der Waals surface area (Å²) in [5.41, 5.74) is 0.666. The monoisotopic (exact) mass is 371 g/mol. The van der Waals surface area contributed by atoms with E-state index in [1.807, 2.05) is 12.1 Å². The molecule has 2 heterocycles. The van der Waals surface area contributed by atoms with Crippen LogP contribution in [-0.4, -0.2) is 42.5 Å². The minimum atomic E-state index is -0.00278. The van der Waals surface area contributed by atoms with Gasteiger partial charge in [-0.2, -0.15) is 0 Å². The van der Waals surface area contributed by atoms with Crippen LogP contribution in [0.15, 0.2) is 22.7 Å². The zero-order valence-corrected chi connectivity index (χ0v) is 14.1. The van der Waals surface area contributed by atoms with E-state index < -0.39 is 0 Å². The molecule has 0 radical (unpaired) electrons. The van der Waals surface area contributed by atoms with Crippen LogP contribution in [-0.2, 0) is 4.79 Å². The van der Waals surface area contributed by atoms with Crippen LogP contribution >= 0.6 is 27.5 Å². The Morgan fingerprint density at radius 2 is 2.19 bits per heavy atom. The van der Waals surface area contributed by atoms with Gasteiger partial charge in [0.05, 0.1) is 17.3 Å². The van der Waals surface area contributed by atoms with E-state index >= 15 is 0 Å². The highest BCUT2D eigenvalue weighted by atomic mass is 79.9. The number of rotatable bonds is 3. The normalized spacial score (nSPS) is 25.6. The first kappa shape index (κ1) is 15.3. The zero-order chi connectivity index (χ0) is 14.8. The van der Waals surface area contributed by atoms with E-state index in [0.717, 1.165) is 24.0 Å². The molecule has 0 aliphatic carbocycles. The predicted octanol–water partition coefficient (Wildman–Crippen LogP) is 2.87. The van der Waals surface area contributed by atoms with Gasteiger partial charge in [0.25, 0.3) is 0 Å². The van der Waals surface area contributed by atoms with E-state index in [2.05, 4.69) is 31.5 Å². The number of likely N-dealkylation sites (tertiary alicyclic amines) is 1. The van der Waals surface area contributed by atoms with Crippen molar-refractivity contribution in [3.63, 3.8) is 0 Å². The molecule has 2 unspecified atom stereocenters. The van der Waals surface area contributed by atoms with Gasteiger partial charge in [0, 0.05) is 29.6 Å². The van der Waals surface area contributed by atoms with Crippen LogP contribution in [0.4, 0.5) is 5.69 Å². The fourth-order valence-electron chi connectivity index (χ4n) is 3.14. The van der Waals surface area contributed by atoms with Gasteiger partial charge in [-0.1, -0.05) is 27.5 Å². The van der Waals surface area contributed by atoms with Gasteiger partial charge in [-0.25, -0.2) is 0 Å². The van der Waals surface area contributed by atoms with Crippen molar-refractivity contribution in [3.05, 3.63) is 27.7 Å². The van der Waals surface area contributed by atoms with Crippen LogP contribution in [0.2, 0.25) is 5.02 Å². The molecule has 0 spiro atoms. The van der Waals surface area contributed by atoms with Crippen LogP contribution in [0.25, 0.3) is 0 Å². The maximum Gasteiger partial charge on any atom is 0.238 e. The minimum absolute atomic E-state index is 0.00278. The van der Waals surface area contributed by atoms with Gasteiger partial charge >= 0.3 is 0 Å². The van der Waals surface area contributed by atoms with Crippen LogP contribution in [0.3, 0.4) is 0 Å². The van der Waals surface area contributed by atoms with Gasteiger partial charge < -0.3 is 10.6 Å². The lowest BCUT2D eigenvalue weighted by atomic mass is 10.1.